The summed E-state index contributed by atoms with van der Waals surface area (Å²) in [6, 6.07) is 0.238. The lowest BCUT2D eigenvalue weighted by molar-refractivity contribution is -0.303. The number of ether oxygens (including phenoxy) is 3. The van der Waals surface area contributed by atoms with Gasteiger partial charge < -0.3 is 19.3 Å². The van der Waals surface area contributed by atoms with Crippen molar-refractivity contribution in [3.63, 3.8) is 0 Å². The van der Waals surface area contributed by atoms with Crippen molar-refractivity contribution < 1.29 is 19.3 Å². The summed E-state index contributed by atoms with van der Waals surface area (Å²) in [5, 5.41) is 17.8. The molecule has 2 rings (SSSR count). The summed E-state index contributed by atoms with van der Waals surface area (Å²) in [5.41, 5.74) is -1.64. The van der Waals surface area contributed by atoms with Gasteiger partial charge in [0.25, 0.3) is 0 Å². The van der Waals surface area contributed by atoms with Crippen LogP contribution in [0.5, 0.6) is 0 Å². The molecular formula is C18H32N2O4. The molecule has 2 aliphatic rings. The van der Waals surface area contributed by atoms with Crippen LogP contribution in [0.2, 0.25) is 0 Å². The standard InChI is InChI=1S/C18H32N2O4/c1-8-17(5,21)18(6)15(13(2)23-16(3,4)24-18)19-20-11-9-10-14(20)12-22-7/h8,13-14,21H,1,9-12H2,2-7H3/b19-15+/t13-,14?,17?,18+/m1/s1. The minimum atomic E-state index is -1.28. The highest BCUT2D eigenvalue weighted by Crippen LogP contribution is 2.40. The molecule has 2 aliphatic heterocycles. The molecule has 1 N–H and O–H groups in total. The lowest BCUT2D eigenvalue weighted by Gasteiger charge is -2.52. The molecule has 0 aliphatic carbocycles. The van der Waals surface area contributed by atoms with Gasteiger partial charge in [0.05, 0.1) is 12.6 Å². The first-order valence-electron chi connectivity index (χ1n) is 8.65. The zero-order valence-electron chi connectivity index (χ0n) is 15.8. The van der Waals surface area contributed by atoms with Crippen molar-refractivity contribution in [3.05, 3.63) is 12.7 Å². The van der Waals surface area contributed by atoms with Crippen molar-refractivity contribution in [2.75, 3.05) is 20.3 Å². The van der Waals surface area contributed by atoms with Crippen LogP contribution in [0, 0.1) is 0 Å². The quantitative estimate of drug-likeness (QED) is 0.778. The molecule has 0 bridgehead atoms. The first-order chi connectivity index (χ1) is 11.1. The molecule has 0 aromatic carbocycles. The van der Waals surface area contributed by atoms with E-state index in [9.17, 15) is 5.11 Å². The predicted octanol–water partition coefficient (Wildman–Crippen LogP) is 2.32. The summed E-state index contributed by atoms with van der Waals surface area (Å²) in [4.78, 5) is 0. The molecule has 6 heteroatoms. The second-order valence-electron chi connectivity index (χ2n) is 7.55. The maximum atomic E-state index is 10.9. The van der Waals surface area contributed by atoms with E-state index in [0.29, 0.717) is 12.3 Å². The van der Waals surface area contributed by atoms with Crippen LogP contribution in [-0.2, 0) is 14.2 Å². The molecule has 2 heterocycles. The molecule has 138 valence electrons. The first kappa shape index (κ1) is 19.4. The third-order valence-electron chi connectivity index (χ3n) is 5.09. The smallest absolute Gasteiger partial charge is 0.165 e. The van der Waals surface area contributed by atoms with E-state index < -0.39 is 17.0 Å². The Hall–Kier alpha value is -0.950. The van der Waals surface area contributed by atoms with E-state index in [1.165, 1.54) is 6.08 Å². The topological polar surface area (TPSA) is 63.5 Å². The molecule has 2 unspecified atom stereocenters. The number of hydrogen-bond acceptors (Lipinski definition) is 6. The van der Waals surface area contributed by atoms with Crippen LogP contribution in [0.4, 0.5) is 0 Å². The summed E-state index contributed by atoms with van der Waals surface area (Å²) in [6.07, 6.45) is 3.34. The second kappa shape index (κ2) is 6.75. The van der Waals surface area contributed by atoms with Crippen molar-refractivity contribution in [2.45, 2.75) is 76.6 Å². The van der Waals surface area contributed by atoms with Crippen molar-refractivity contribution in [3.8, 4) is 0 Å². The Labute approximate surface area is 145 Å². The zero-order chi connectivity index (χ0) is 18.2. The van der Waals surface area contributed by atoms with Gasteiger partial charge in [-0.1, -0.05) is 6.08 Å². The van der Waals surface area contributed by atoms with E-state index in [2.05, 4.69) is 6.58 Å². The molecule has 0 radical (unpaired) electrons. The first-order valence-corrected chi connectivity index (χ1v) is 8.65. The molecule has 2 saturated heterocycles. The fourth-order valence-electron chi connectivity index (χ4n) is 3.62. The maximum Gasteiger partial charge on any atom is 0.165 e. The van der Waals surface area contributed by atoms with Crippen LogP contribution in [0.3, 0.4) is 0 Å². The highest BCUT2D eigenvalue weighted by atomic mass is 16.7. The third kappa shape index (κ3) is 3.52. The molecule has 6 nitrogen and oxygen atoms in total. The zero-order valence-corrected chi connectivity index (χ0v) is 15.8. The molecule has 0 aromatic heterocycles. The molecule has 0 amide bonds. The maximum absolute atomic E-state index is 10.9. The number of nitrogens with zero attached hydrogens (tertiary/aromatic N) is 2. The molecule has 0 aromatic rings. The largest absolute Gasteiger partial charge is 0.383 e. The SMILES string of the molecule is C=CC(C)(O)[C@@]1(C)OC(C)(C)O[C@H](C)/C1=N\N1CCCC1COC. The highest BCUT2D eigenvalue weighted by molar-refractivity contribution is 5.97. The van der Waals surface area contributed by atoms with Crippen LogP contribution in [-0.4, -0.2) is 65.2 Å². The fourth-order valence-corrected chi connectivity index (χ4v) is 3.62. The van der Waals surface area contributed by atoms with Crippen LogP contribution in [0.25, 0.3) is 0 Å². The summed E-state index contributed by atoms with van der Waals surface area (Å²) >= 11 is 0. The number of hydrazone groups is 1. The number of aliphatic hydroxyl groups is 1. The fraction of sp³-hybridized carbons (Fsp3) is 0.833. The summed E-state index contributed by atoms with van der Waals surface area (Å²) in [5.74, 6) is -0.822. The normalized spacial score (nSPS) is 37.5. The van der Waals surface area contributed by atoms with E-state index in [-0.39, 0.29) is 12.1 Å². The van der Waals surface area contributed by atoms with E-state index in [1.807, 2.05) is 32.7 Å². The number of rotatable bonds is 5. The molecule has 2 fully saturated rings. The predicted molar refractivity (Wildman–Crippen MR) is 94.0 cm³/mol. The summed E-state index contributed by atoms with van der Waals surface area (Å²) < 4.78 is 17.5. The van der Waals surface area contributed by atoms with Crippen LogP contribution >= 0.6 is 0 Å². The van der Waals surface area contributed by atoms with Crippen molar-refractivity contribution >= 4 is 5.71 Å². The average molecular weight is 340 g/mol. The van der Waals surface area contributed by atoms with Gasteiger partial charge in [-0.3, -0.25) is 5.01 Å². The minimum Gasteiger partial charge on any atom is -0.383 e. The second-order valence-corrected chi connectivity index (χ2v) is 7.55. The van der Waals surface area contributed by atoms with Crippen LogP contribution < -0.4 is 0 Å². The Morgan fingerprint density at radius 2 is 2.17 bits per heavy atom. The lowest BCUT2D eigenvalue weighted by Crippen LogP contribution is -2.67. The Morgan fingerprint density at radius 3 is 2.75 bits per heavy atom. The van der Waals surface area contributed by atoms with Gasteiger partial charge in [0.1, 0.15) is 23.0 Å². The molecule has 24 heavy (non-hydrogen) atoms. The Bertz CT molecular complexity index is 503. The third-order valence-corrected chi connectivity index (χ3v) is 5.09. The highest BCUT2D eigenvalue weighted by Gasteiger charge is 2.56. The summed E-state index contributed by atoms with van der Waals surface area (Å²) in [6.45, 7) is 14.5. The Balaban J connectivity index is 2.43. The van der Waals surface area contributed by atoms with Gasteiger partial charge in [0.2, 0.25) is 0 Å². The van der Waals surface area contributed by atoms with Gasteiger partial charge in [-0.05, 0) is 47.5 Å². The van der Waals surface area contributed by atoms with E-state index in [0.717, 1.165) is 19.4 Å². The Morgan fingerprint density at radius 1 is 1.50 bits per heavy atom. The van der Waals surface area contributed by atoms with Gasteiger partial charge in [-0.25, -0.2) is 0 Å². The molecule has 0 spiro atoms. The molecule has 4 atom stereocenters. The van der Waals surface area contributed by atoms with E-state index in [1.54, 1.807) is 14.0 Å². The summed E-state index contributed by atoms with van der Waals surface area (Å²) in [7, 11) is 1.70. The van der Waals surface area contributed by atoms with E-state index in [4.69, 9.17) is 19.3 Å². The van der Waals surface area contributed by atoms with Gasteiger partial charge >= 0.3 is 0 Å². The van der Waals surface area contributed by atoms with Gasteiger partial charge in [-0.15, -0.1) is 6.58 Å². The van der Waals surface area contributed by atoms with Crippen molar-refractivity contribution in [1.29, 1.82) is 0 Å². The minimum absolute atomic E-state index is 0.238. The monoisotopic (exact) mass is 340 g/mol. The number of methoxy groups -OCH3 is 1. The van der Waals surface area contributed by atoms with Crippen LogP contribution in [0.1, 0.15) is 47.5 Å². The molecule has 0 saturated carbocycles. The van der Waals surface area contributed by atoms with Crippen molar-refractivity contribution in [1.82, 2.24) is 5.01 Å². The number of hydrogen-bond donors (Lipinski definition) is 1. The molecular weight excluding hydrogens is 308 g/mol. The van der Waals surface area contributed by atoms with Crippen LogP contribution in [0.15, 0.2) is 17.8 Å². The Kier molecular flexibility index (Phi) is 5.45. The van der Waals surface area contributed by atoms with E-state index >= 15 is 0 Å². The van der Waals surface area contributed by atoms with Gasteiger partial charge in [0.15, 0.2) is 5.79 Å². The lowest BCUT2D eigenvalue weighted by atomic mass is 9.78. The average Bonchev–Trinajstić information content (AvgIpc) is 2.89. The van der Waals surface area contributed by atoms with Crippen molar-refractivity contribution in [2.24, 2.45) is 5.10 Å². The van der Waals surface area contributed by atoms with Gasteiger partial charge in [0, 0.05) is 13.7 Å². The van der Waals surface area contributed by atoms with Gasteiger partial charge in [-0.2, -0.15) is 5.10 Å².